The minimum Gasteiger partial charge on any atom is -0.311 e. The van der Waals surface area contributed by atoms with Gasteiger partial charge in [-0.15, -0.1) is 0 Å². The Balaban J connectivity index is 1.03. The van der Waals surface area contributed by atoms with Crippen molar-refractivity contribution >= 4 is 137 Å². The Labute approximate surface area is 630 Å². The van der Waals surface area contributed by atoms with Gasteiger partial charge < -0.3 is 14.4 Å². The Morgan fingerprint density at radius 3 is 1.04 bits per heavy atom. The summed E-state index contributed by atoms with van der Waals surface area (Å²) in [5.41, 5.74) is 21.5. The normalized spacial score (nSPS) is 13.2. The van der Waals surface area contributed by atoms with Crippen LogP contribution in [0.15, 0.2) is 340 Å². The number of rotatable bonds is 12. The fourth-order valence-corrected chi connectivity index (χ4v) is 27.1. The molecule has 2 aliphatic heterocycles. The summed E-state index contributed by atoms with van der Waals surface area (Å²) in [7, 11) is -6.28. The molecule has 0 bridgehead atoms. The van der Waals surface area contributed by atoms with Crippen molar-refractivity contribution in [3.8, 4) is 16.8 Å². The molecule has 0 spiro atoms. The molecule has 3 nitrogen and oxygen atoms in total. The van der Waals surface area contributed by atoms with E-state index < -0.39 is 16.1 Å². The fourth-order valence-electron chi connectivity index (χ4n) is 17.6. The van der Waals surface area contributed by atoms with E-state index >= 15 is 0 Å². The van der Waals surface area contributed by atoms with Crippen LogP contribution in [-0.2, 0) is 21.7 Å². The van der Waals surface area contributed by atoms with E-state index in [9.17, 15) is 0 Å². The number of para-hydroxylation sites is 1. The molecular weight excluding hydrogens is 1310 g/mol. The summed E-state index contributed by atoms with van der Waals surface area (Å²) < 4.78 is 2.60. The molecular formula is C100H92BN3Si2. The summed E-state index contributed by atoms with van der Waals surface area (Å²) >= 11 is 0. The van der Waals surface area contributed by atoms with Gasteiger partial charge in [0.25, 0.3) is 6.71 Å². The van der Waals surface area contributed by atoms with E-state index in [0.29, 0.717) is 0 Å². The summed E-state index contributed by atoms with van der Waals surface area (Å²) in [5, 5.41) is 13.1. The van der Waals surface area contributed by atoms with Crippen LogP contribution >= 0.6 is 0 Å². The third-order valence-corrected chi connectivity index (χ3v) is 32.6. The Kier molecular flexibility index (Phi) is 16.7. The predicted octanol–water partition coefficient (Wildman–Crippen LogP) is 18.5. The van der Waals surface area contributed by atoms with Crippen LogP contribution in [-0.4, -0.2) is 27.4 Å². The zero-order valence-electron chi connectivity index (χ0n) is 63.3. The summed E-state index contributed by atoms with van der Waals surface area (Å²) in [6, 6.07) is 132. The Morgan fingerprint density at radius 1 is 0.236 bits per heavy atom. The summed E-state index contributed by atoms with van der Waals surface area (Å²) in [5.74, 6) is 0. The van der Waals surface area contributed by atoms with Crippen molar-refractivity contribution in [3.05, 3.63) is 362 Å². The van der Waals surface area contributed by atoms with Crippen molar-refractivity contribution in [1.82, 2.24) is 4.57 Å². The van der Waals surface area contributed by atoms with Crippen LogP contribution in [0.4, 0.5) is 34.1 Å². The number of benzene rings is 14. The second-order valence-corrected chi connectivity index (χ2v) is 41.3. The van der Waals surface area contributed by atoms with Crippen LogP contribution in [0.25, 0.3) is 38.6 Å². The highest BCUT2D eigenvalue weighted by Crippen LogP contribution is 2.48. The maximum absolute atomic E-state index is 3.16. The number of anilines is 6. The quantitative estimate of drug-likeness (QED) is 0.0892. The monoisotopic (exact) mass is 1400 g/mol. The van der Waals surface area contributed by atoms with Gasteiger partial charge in [-0.2, -0.15) is 0 Å². The maximum atomic E-state index is 2.72. The average Bonchev–Trinajstić information content (AvgIpc) is 0.805. The topological polar surface area (TPSA) is 11.4 Å². The number of hydrogen-bond donors (Lipinski definition) is 0. The zero-order valence-corrected chi connectivity index (χ0v) is 65.3. The van der Waals surface area contributed by atoms with Gasteiger partial charge in [0.05, 0.1) is 16.7 Å². The lowest BCUT2D eigenvalue weighted by Crippen LogP contribution is -2.75. The second kappa shape index (κ2) is 25.9. The van der Waals surface area contributed by atoms with Gasteiger partial charge in [-0.05, 0) is 186 Å². The van der Waals surface area contributed by atoms with Gasteiger partial charge in [0, 0.05) is 44.9 Å². The van der Waals surface area contributed by atoms with Crippen LogP contribution in [0.3, 0.4) is 0 Å². The van der Waals surface area contributed by atoms with Crippen molar-refractivity contribution in [2.45, 2.75) is 105 Å². The fraction of sp³-hybridized carbons (Fsp3) is 0.160. The SMILES string of the molecule is CC(C)(C)c1cc(-c2cccc(N3c4ccccc4B4c5ccc([Si](c6ccccc6)(c6ccccc6)c6ccccc6)cc5N(c5cccc([Si](c6ccccc6)(c6ccccc6)c6ccccc6)c5)c5cc(-n6c7ccc(C(C)(C)C)cc7c7cc(C(C)(C)C)ccc76)cc3c54)c2)cc(C(C)(C)C)c1. The van der Waals surface area contributed by atoms with Crippen molar-refractivity contribution in [1.29, 1.82) is 0 Å². The Hall–Kier alpha value is -11.0. The van der Waals surface area contributed by atoms with Crippen LogP contribution in [0, 0.1) is 0 Å². The van der Waals surface area contributed by atoms with Crippen LogP contribution in [0.5, 0.6) is 0 Å². The number of hydrogen-bond acceptors (Lipinski definition) is 2. The van der Waals surface area contributed by atoms with Crippen LogP contribution in [0.1, 0.15) is 105 Å². The van der Waals surface area contributed by atoms with Gasteiger partial charge in [-0.25, -0.2) is 0 Å². The lowest BCUT2D eigenvalue weighted by atomic mass is 9.33. The smallest absolute Gasteiger partial charge is 0.252 e. The van der Waals surface area contributed by atoms with Crippen molar-refractivity contribution in [2.24, 2.45) is 0 Å². The molecule has 17 rings (SSSR count). The van der Waals surface area contributed by atoms with Gasteiger partial charge in [-0.1, -0.05) is 350 Å². The second-order valence-electron chi connectivity index (χ2n) is 33.7. The molecule has 0 fully saturated rings. The highest BCUT2D eigenvalue weighted by atomic mass is 28.3. The first-order chi connectivity index (χ1) is 51.1. The molecule has 0 atom stereocenters. The van der Waals surface area contributed by atoms with Gasteiger partial charge >= 0.3 is 0 Å². The first-order valence-corrected chi connectivity index (χ1v) is 41.9. The van der Waals surface area contributed by atoms with Gasteiger partial charge in [0.15, 0.2) is 16.1 Å². The Morgan fingerprint density at radius 2 is 0.604 bits per heavy atom. The highest BCUT2D eigenvalue weighted by Gasteiger charge is 2.48. The molecule has 0 radical (unpaired) electrons. The third kappa shape index (κ3) is 11.4. The van der Waals surface area contributed by atoms with Crippen molar-refractivity contribution < 1.29 is 0 Å². The summed E-state index contributed by atoms with van der Waals surface area (Å²) in [6.45, 7) is 27.9. The predicted molar refractivity (Wildman–Crippen MR) is 462 cm³/mol. The molecule has 0 unspecified atom stereocenters. The van der Waals surface area contributed by atoms with E-state index in [1.807, 2.05) is 0 Å². The molecule has 6 heteroatoms. The van der Waals surface area contributed by atoms with Crippen molar-refractivity contribution in [3.63, 3.8) is 0 Å². The molecule has 0 aliphatic carbocycles. The molecule has 0 amide bonds. The van der Waals surface area contributed by atoms with E-state index in [-0.39, 0.29) is 28.4 Å². The van der Waals surface area contributed by atoms with Crippen molar-refractivity contribution in [2.75, 3.05) is 9.80 Å². The van der Waals surface area contributed by atoms with Gasteiger partial charge in [0.2, 0.25) is 0 Å². The molecule has 0 N–H and O–H groups in total. The van der Waals surface area contributed by atoms with E-state index in [0.717, 1.165) is 28.4 Å². The molecule has 518 valence electrons. The molecule has 0 saturated heterocycles. The van der Waals surface area contributed by atoms with E-state index in [1.54, 1.807) is 0 Å². The van der Waals surface area contributed by atoms with E-state index in [1.165, 1.54) is 124 Å². The van der Waals surface area contributed by atoms with Gasteiger partial charge in [0.1, 0.15) is 0 Å². The Bertz CT molecular complexity index is 5530. The van der Waals surface area contributed by atoms with E-state index in [4.69, 9.17) is 0 Å². The number of nitrogens with zero attached hydrogens (tertiary/aromatic N) is 3. The molecule has 2 aliphatic rings. The molecule has 3 heterocycles. The summed E-state index contributed by atoms with van der Waals surface area (Å²) in [6.07, 6.45) is 0. The lowest BCUT2D eigenvalue weighted by Gasteiger charge is -2.45. The molecule has 0 saturated carbocycles. The minimum atomic E-state index is -3.16. The van der Waals surface area contributed by atoms with Crippen LogP contribution < -0.4 is 67.7 Å². The lowest BCUT2D eigenvalue weighted by molar-refractivity contribution is 0.569. The largest absolute Gasteiger partial charge is 0.311 e. The standard InChI is InChI=1S/C100H92BN3Si2/c1-97(2,3)71-53-57-90-86(63-71)87-64-72(98(4,5)6)54-58-91(87)104(90)77-66-94-96-95(67-77)103(76-37-34-50-84(65-76)105(78-38-19-13-20-39-78,79-40-21-14-22-41-79)80-42-23-15-24-43-80)93-68-85(106(81-44-25-16-26-45-81,82-46-27-17-28-47-82)83-48-29-18-30-49-83)55-56-89(93)101(96)88-51-31-32-52-92(88)102(94)75-36-33-35-69(61-75)70-59-73(99(7,8)9)62-74(60-70)100(10,11)12/h13-68H,1-12H3. The maximum Gasteiger partial charge on any atom is 0.252 e. The highest BCUT2D eigenvalue weighted by molar-refractivity contribution is 7.20. The summed E-state index contributed by atoms with van der Waals surface area (Å²) in [4.78, 5) is 5.35. The first-order valence-electron chi connectivity index (χ1n) is 37.9. The minimum absolute atomic E-state index is 0.0610. The molecule has 1 aromatic heterocycles. The molecule has 14 aromatic carbocycles. The molecule has 15 aromatic rings. The van der Waals surface area contributed by atoms with Gasteiger partial charge in [-0.3, -0.25) is 0 Å². The van der Waals surface area contributed by atoms with E-state index in [2.05, 4.69) is 437 Å². The number of aromatic nitrogens is 1. The molecule has 106 heavy (non-hydrogen) atoms. The average molecular weight is 1400 g/mol. The number of fused-ring (bicyclic) bond motifs is 7. The first kappa shape index (κ1) is 68.1. The third-order valence-electron chi connectivity index (χ3n) is 23.0. The van der Waals surface area contributed by atoms with Crippen LogP contribution in [0.2, 0.25) is 0 Å². The zero-order chi connectivity index (χ0) is 73.1.